The molecule has 0 saturated carbocycles. The fourth-order valence-electron chi connectivity index (χ4n) is 2.46. The molecule has 1 aromatic heterocycles. The number of hydrogen-bond donors (Lipinski definition) is 1. The van der Waals surface area contributed by atoms with Crippen molar-refractivity contribution in [1.82, 2.24) is 5.32 Å². The Hall–Kier alpha value is -0.830. The largest absolute Gasteiger partial charge is 0.306 e. The third kappa shape index (κ3) is 3.19. The molecule has 0 aliphatic heterocycles. The zero-order valence-electron chi connectivity index (χ0n) is 11.9. The standard InChI is InChI=1S/C16H20ClNS/c1-5-18-15(16-11(3)8-12(4)19-16)14-7-6-13(17)9-10(14)2/h6-9,15,18H,5H2,1-4H3. The molecule has 3 heteroatoms. The Morgan fingerprint density at radius 3 is 2.42 bits per heavy atom. The van der Waals surface area contributed by atoms with E-state index in [0.717, 1.165) is 11.6 Å². The van der Waals surface area contributed by atoms with Gasteiger partial charge in [-0.2, -0.15) is 0 Å². The summed E-state index contributed by atoms with van der Waals surface area (Å²) < 4.78 is 0. The van der Waals surface area contributed by atoms with Crippen molar-refractivity contribution in [2.24, 2.45) is 0 Å². The average Bonchev–Trinajstić information content (AvgIpc) is 2.66. The van der Waals surface area contributed by atoms with Gasteiger partial charge < -0.3 is 5.32 Å². The van der Waals surface area contributed by atoms with Crippen LogP contribution in [0, 0.1) is 20.8 Å². The SMILES string of the molecule is CCNC(c1ccc(Cl)cc1C)c1sc(C)cc1C. The summed E-state index contributed by atoms with van der Waals surface area (Å²) in [5, 5.41) is 4.40. The van der Waals surface area contributed by atoms with Gasteiger partial charge in [0.15, 0.2) is 0 Å². The van der Waals surface area contributed by atoms with Crippen LogP contribution in [0.1, 0.15) is 39.4 Å². The Labute approximate surface area is 124 Å². The lowest BCUT2D eigenvalue weighted by molar-refractivity contribution is 0.634. The van der Waals surface area contributed by atoms with E-state index >= 15 is 0 Å². The summed E-state index contributed by atoms with van der Waals surface area (Å²) in [5.74, 6) is 0. The number of nitrogens with one attached hydrogen (secondary N) is 1. The fourth-order valence-corrected chi connectivity index (χ4v) is 3.81. The van der Waals surface area contributed by atoms with E-state index in [2.05, 4.69) is 45.1 Å². The summed E-state index contributed by atoms with van der Waals surface area (Å²) in [4.78, 5) is 2.77. The van der Waals surface area contributed by atoms with Crippen LogP contribution in [0.5, 0.6) is 0 Å². The van der Waals surface area contributed by atoms with Gasteiger partial charge in [0.05, 0.1) is 6.04 Å². The fraction of sp³-hybridized carbons (Fsp3) is 0.375. The molecule has 19 heavy (non-hydrogen) atoms. The number of hydrogen-bond acceptors (Lipinski definition) is 2. The van der Waals surface area contributed by atoms with Crippen molar-refractivity contribution >= 4 is 22.9 Å². The van der Waals surface area contributed by atoms with Crippen LogP contribution in [0.2, 0.25) is 5.02 Å². The summed E-state index contributed by atoms with van der Waals surface area (Å²) >= 11 is 7.94. The maximum atomic E-state index is 6.06. The number of benzene rings is 1. The summed E-state index contributed by atoms with van der Waals surface area (Å²) in [5.41, 5.74) is 3.92. The highest BCUT2D eigenvalue weighted by Gasteiger charge is 2.19. The van der Waals surface area contributed by atoms with E-state index in [9.17, 15) is 0 Å². The highest BCUT2D eigenvalue weighted by atomic mass is 35.5. The molecular formula is C16H20ClNS. The molecule has 2 rings (SSSR count). The molecule has 1 nitrogen and oxygen atoms in total. The number of aryl methyl sites for hydroxylation is 3. The van der Waals surface area contributed by atoms with Crippen LogP contribution >= 0.6 is 22.9 Å². The second kappa shape index (κ2) is 6.08. The summed E-state index contributed by atoms with van der Waals surface area (Å²) in [6.45, 7) is 9.58. The minimum absolute atomic E-state index is 0.265. The Bertz CT molecular complexity index is 574. The maximum absolute atomic E-state index is 6.06. The predicted molar refractivity (Wildman–Crippen MR) is 85.5 cm³/mol. The van der Waals surface area contributed by atoms with Crippen molar-refractivity contribution in [2.75, 3.05) is 6.54 Å². The van der Waals surface area contributed by atoms with Gasteiger partial charge in [0.2, 0.25) is 0 Å². The highest BCUT2D eigenvalue weighted by Crippen LogP contribution is 2.33. The lowest BCUT2D eigenvalue weighted by Gasteiger charge is -2.20. The van der Waals surface area contributed by atoms with Crippen molar-refractivity contribution in [3.05, 3.63) is 55.7 Å². The summed E-state index contributed by atoms with van der Waals surface area (Å²) in [6.07, 6.45) is 0. The smallest absolute Gasteiger partial charge is 0.0676 e. The molecule has 0 aliphatic carbocycles. The van der Waals surface area contributed by atoms with E-state index in [0.29, 0.717) is 0 Å². The van der Waals surface area contributed by atoms with Crippen molar-refractivity contribution in [1.29, 1.82) is 0 Å². The van der Waals surface area contributed by atoms with Crippen molar-refractivity contribution < 1.29 is 0 Å². The lowest BCUT2D eigenvalue weighted by atomic mass is 9.98. The number of thiophene rings is 1. The molecule has 1 aromatic carbocycles. The topological polar surface area (TPSA) is 12.0 Å². The van der Waals surface area contributed by atoms with Gasteiger partial charge in [-0.1, -0.05) is 24.6 Å². The monoisotopic (exact) mass is 293 g/mol. The lowest BCUT2D eigenvalue weighted by Crippen LogP contribution is -2.22. The molecule has 0 radical (unpaired) electrons. The van der Waals surface area contributed by atoms with Crippen LogP contribution in [0.4, 0.5) is 0 Å². The molecule has 0 bridgehead atoms. The molecule has 0 fully saturated rings. The first-order chi connectivity index (χ1) is 9.02. The molecule has 0 amide bonds. The highest BCUT2D eigenvalue weighted by molar-refractivity contribution is 7.12. The van der Waals surface area contributed by atoms with Gasteiger partial charge in [-0.25, -0.2) is 0 Å². The molecule has 1 N–H and O–H groups in total. The molecular weight excluding hydrogens is 274 g/mol. The van der Waals surface area contributed by atoms with Crippen LogP contribution in [-0.4, -0.2) is 6.54 Å². The van der Waals surface area contributed by atoms with Gasteiger partial charge in [-0.3, -0.25) is 0 Å². The second-order valence-electron chi connectivity index (χ2n) is 4.90. The van der Waals surface area contributed by atoms with Gasteiger partial charge in [0.25, 0.3) is 0 Å². The van der Waals surface area contributed by atoms with Gasteiger partial charge in [-0.05, 0) is 62.2 Å². The van der Waals surface area contributed by atoms with E-state index in [1.54, 1.807) is 0 Å². The molecule has 0 aliphatic rings. The third-order valence-corrected chi connectivity index (χ3v) is 4.75. The first-order valence-corrected chi connectivity index (χ1v) is 7.78. The van der Waals surface area contributed by atoms with Crippen LogP contribution < -0.4 is 5.32 Å². The Morgan fingerprint density at radius 1 is 1.16 bits per heavy atom. The van der Waals surface area contributed by atoms with Crippen LogP contribution in [-0.2, 0) is 0 Å². The summed E-state index contributed by atoms with van der Waals surface area (Å²) in [6, 6.07) is 8.68. The third-order valence-electron chi connectivity index (χ3n) is 3.29. The van der Waals surface area contributed by atoms with Gasteiger partial charge in [0.1, 0.15) is 0 Å². The van der Waals surface area contributed by atoms with Crippen molar-refractivity contribution in [2.45, 2.75) is 33.7 Å². The minimum atomic E-state index is 0.265. The van der Waals surface area contributed by atoms with E-state index in [1.807, 2.05) is 23.5 Å². The molecule has 1 heterocycles. The zero-order valence-corrected chi connectivity index (χ0v) is 13.5. The molecule has 0 saturated heterocycles. The Kier molecular flexibility index (Phi) is 4.67. The molecule has 1 unspecified atom stereocenters. The molecule has 2 aromatic rings. The van der Waals surface area contributed by atoms with Gasteiger partial charge >= 0.3 is 0 Å². The summed E-state index contributed by atoms with van der Waals surface area (Å²) in [7, 11) is 0. The quantitative estimate of drug-likeness (QED) is 0.834. The van der Waals surface area contributed by atoms with Crippen LogP contribution in [0.3, 0.4) is 0 Å². The second-order valence-corrected chi connectivity index (χ2v) is 6.62. The van der Waals surface area contributed by atoms with E-state index < -0.39 is 0 Å². The first kappa shape index (κ1) is 14.6. The maximum Gasteiger partial charge on any atom is 0.0676 e. The minimum Gasteiger partial charge on any atom is -0.306 e. The van der Waals surface area contributed by atoms with E-state index in [-0.39, 0.29) is 6.04 Å². The van der Waals surface area contributed by atoms with Crippen LogP contribution in [0.15, 0.2) is 24.3 Å². The number of rotatable bonds is 4. The van der Waals surface area contributed by atoms with E-state index in [1.165, 1.54) is 26.4 Å². The Morgan fingerprint density at radius 2 is 1.89 bits per heavy atom. The van der Waals surface area contributed by atoms with Crippen molar-refractivity contribution in [3.63, 3.8) is 0 Å². The molecule has 102 valence electrons. The zero-order chi connectivity index (χ0) is 14.0. The van der Waals surface area contributed by atoms with E-state index in [4.69, 9.17) is 11.6 Å². The van der Waals surface area contributed by atoms with Gasteiger partial charge in [-0.15, -0.1) is 11.3 Å². The number of halogens is 1. The molecule has 1 atom stereocenters. The average molecular weight is 294 g/mol. The normalized spacial score (nSPS) is 12.7. The first-order valence-electron chi connectivity index (χ1n) is 6.59. The molecule has 0 spiro atoms. The van der Waals surface area contributed by atoms with Crippen molar-refractivity contribution in [3.8, 4) is 0 Å². The van der Waals surface area contributed by atoms with Gasteiger partial charge in [0, 0.05) is 14.8 Å². The predicted octanol–water partition coefficient (Wildman–Crippen LogP) is 5.03. The van der Waals surface area contributed by atoms with Crippen LogP contribution in [0.25, 0.3) is 0 Å². The Balaban J connectivity index is 2.48.